The first-order valence-corrected chi connectivity index (χ1v) is 9.07. The van der Waals surface area contributed by atoms with E-state index in [1.54, 1.807) is 6.20 Å². The van der Waals surface area contributed by atoms with Gasteiger partial charge in [-0.2, -0.15) is 0 Å². The summed E-state index contributed by atoms with van der Waals surface area (Å²) in [5.74, 6) is -0.519. The van der Waals surface area contributed by atoms with Crippen molar-refractivity contribution in [2.75, 3.05) is 0 Å². The molecule has 4 heteroatoms. The van der Waals surface area contributed by atoms with Crippen LogP contribution in [0.2, 0.25) is 0 Å². The highest BCUT2D eigenvalue weighted by molar-refractivity contribution is 6.11. The van der Waals surface area contributed by atoms with Crippen molar-refractivity contribution in [3.63, 3.8) is 0 Å². The molecule has 132 valence electrons. The van der Waals surface area contributed by atoms with Crippen molar-refractivity contribution >= 4 is 22.7 Å². The fraction of sp³-hybridized carbons (Fsp3) is 0.273. The van der Waals surface area contributed by atoms with Crippen molar-refractivity contribution in [3.05, 3.63) is 71.4 Å². The smallest absolute Gasteiger partial charge is 0.310 e. The Balaban J connectivity index is 1.73. The second-order valence-corrected chi connectivity index (χ2v) is 6.76. The van der Waals surface area contributed by atoms with Crippen LogP contribution in [-0.2, 0) is 16.0 Å². The van der Waals surface area contributed by atoms with Gasteiger partial charge in [0.1, 0.15) is 0 Å². The number of carbonyl (C=O) groups excluding carboxylic acids is 2. The van der Waals surface area contributed by atoms with Crippen LogP contribution >= 0.6 is 0 Å². The zero-order valence-corrected chi connectivity index (χ0v) is 14.7. The Bertz CT molecular complexity index is 954. The number of aromatic nitrogens is 1. The molecule has 0 bridgehead atoms. The number of fused-ring (bicyclic) bond motifs is 1. The van der Waals surface area contributed by atoms with E-state index >= 15 is 0 Å². The molecule has 4 rings (SSSR count). The maximum absolute atomic E-state index is 13.3. The van der Waals surface area contributed by atoms with Gasteiger partial charge < -0.3 is 9.72 Å². The summed E-state index contributed by atoms with van der Waals surface area (Å²) in [6.45, 7) is 2.08. The maximum Gasteiger partial charge on any atom is 0.310 e. The van der Waals surface area contributed by atoms with Crippen molar-refractivity contribution in [2.24, 2.45) is 5.92 Å². The van der Waals surface area contributed by atoms with Crippen LogP contribution in [0.1, 0.15) is 47.4 Å². The quantitative estimate of drug-likeness (QED) is 0.523. The van der Waals surface area contributed by atoms with Crippen LogP contribution in [0.3, 0.4) is 0 Å². The van der Waals surface area contributed by atoms with Gasteiger partial charge in [-0.25, -0.2) is 0 Å². The highest BCUT2D eigenvalue weighted by atomic mass is 16.5. The Morgan fingerprint density at radius 2 is 1.88 bits per heavy atom. The fourth-order valence-corrected chi connectivity index (χ4v) is 3.29. The standard InChI is InChI=1S/C22H21NO3/c1-2-14-9-6-10-17-18(13-23-19(14)17)20(24)21(15-7-4-3-5-8-15)26-22(25)16-11-12-16/h3-10,13,16,21,23H,2,11-12H2,1H3/t21-/m0/s1. The lowest BCUT2D eigenvalue weighted by atomic mass is 9.98. The van der Waals surface area contributed by atoms with Crippen LogP contribution in [0.4, 0.5) is 0 Å². The summed E-state index contributed by atoms with van der Waals surface area (Å²) in [4.78, 5) is 28.8. The number of para-hydroxylation sites is 1. The molecule has 0 unspecified atom stereocenters. The van der Waals surface area contributed by atoms with Crippen LogP contribution in [0.25, 0.3) is 10.9 Å². The third-order valence-electron chi connectivity index (χ3n) is 4.93. The summed E-state index contributed by atoms with van der Waals surface area (Å²) < 4.78 is 5.65. The zero-order chi connectivity index (χ0) is 18.1. The molecule has 3 aromatic rings. The van der Waals surface area contributed by atoms with Gasteiger partial charge in [-0.15, -0.1) is 0 Å². The number of carbonyl (C=O) groups is 2. The molecule has 1 heterocycles. The minimum absolute atomic E-state index is 0.0522. The second kappa shape index (κ2) is 6.79. The molecule has 4 nitrogen and oxygen atoms in total. The van der Waals surface area contributed by atoms with E-state index in [2.05, 4.69) is 18.0 Å². The van der Waals surface area contributed by atoms with Gasteiger partial charge in [-0.3, -0.25) is 9.59 Å². The number of Topliss-reactive ketones (excluding diaryl/α,β-unsaturated/α-hetero) is 1. The summed E-state index contributed by atoms with van der Waals surface area (Å²) in [7, 11) is 0. The molecule has 0 saturated heterocycles. The lowest BCUT2D eigenvalue weighted by molar-refractivity contribution is -0.148. The van der Waals surface area contributed by atoms with E-state index in [4.69, 9.17) is 4.74 Å². The molecule has 26 heavy (non-hydrogen) atoms. The van der Waals surface area contributed by atoms with E-state index in [0.717, 1.165) is 35.7 Å². The molecule has 1 N–H and O–H groups in total. The molecule has 2 aromatic carbocycles. The molecular formula is C22H21NO3. The predicted octanol–water partition coefficient (Wildman–Crippen LogP) is 4.61. The van der Waals surface area contributed by atoms with E-state index in [1.165, 1.54) is 0 Å². The average molecular weight is 347 g/mol. The lowest BCUT2D eigenvalue weighted by Crippen LogP contribution is -2.21. The highest BCUT2D eigenvalue weighted by Gasteiger charge is 2.36. The van der Waals surface area contributed by atoms with Crippen molar-refractivity contribution in [1.29, 1.82) is 0 Å². The predicted molar refractivity (Wildman–Crippen MR) is 100 cm³/mol. The van der Waals surface area contributed by atoms with Crippen LogP contribution in [0, 0.1) is 5.92 Å². The first kappa shape index (κ1) is 16.6. The third kappa shape index (κ3) is 3.03. The molecule has 0 radical (unpaired) electrons. The molecule has 1 atom stereocenters. The first-order valence-electron chi connectivity index (χ1n) is 9.07. The SMILES string of the molecule is CCc1cccc2c(C(=O)[C@@H](OC(=O)C3CC3)c3ccccc3)c[nH]c12. The number of aromatic amines is 1. The summed E-state index contributed by atoms with van der Waals surface area (Å²) in [5.41, 5.74) is 3.40. The minimum Gasteiger partial charge on any atom is -0.449 e. The van der Waals surface area contributed by atoms with E-state index in [1.807, 2.05) is 42.5 Å². The summed E-state index contributed by atoms with van der Waals surface area (Å²) >= 11 is 0. The third-order valence-corrected chi connectivity index (χ3v) is 4.93. The lowest BCUT2D eigenvalue weighted by Gasteiger charge is -2.17. The number of ketones is 1. The fourth-order valence-electron chi connectivity index (χ4n) is 3.29. The molecular weight excluding hydrogens is 326 g/mol. The van der Waals surface area contributed by atoms with Crippen molar-refractivity contribution in [3.8, 4) is 0 Å². The minimum atomic E-state index is -0.909. The topological polar surface area (TPSA) is 59.2 Å². The first-order chi connectivity index (χ1) is 12.7. The average Bonchev–Trinajstić information content (AvgIpc) is 3.45. The van der Waals surface area contributed by atoms with Crippen molar-refractivity contribution < 1.29 is 14.3 Å². The molecule has 1 aliphatic carbocycles. The molecule has 1 aliphatic rings. The van der Waals surface area contributed by atoms with Gasteiger partial charge in [0.15, 0.2) is 6.10 Å². The number of H-pyrrole nitrogens is 1. The van der Waals surface area contributed by atoms with Crippen LogP contribution in [0.5, 0.6) is 0 Å². The normalized spacial score (nSPS) is 15.0. The van der Waals surface area contributed by atoms with E-state index in [0.29, 0.717) is 11.1 Å². The molecule has 0 amide bonds. The molecule has 1 aromatic heterocycles. The van der Waals surface area contributed by atoms with Gasteiger partial charge in [0.05, 0.1) is 5.92 Å². The van der Waals surface area contributed by atoms with Gasteiger partial charge in [0.2, 0.25) is 5.78 Å². The van der Waals surface area contributed by atoms with Crippen LogP contribution < -0.4 is 0 Å². The zero-order valence-electron chi connectivity index (χ0n) is 14.7. The molecule has 1 saturated carbocycles. The van der Waals surface area contributed by atoms with E-state index in [9.17, 15) is 9.59 Å². The Morgan fingerprint density at radius 1 is 1.12 bits per heavy atom. The summed E-state index contributed by atoms with van der Waals surface area (Å²) in [6, 6.07) is 15.2. The molecule has 1 fully saturated rings. The number of benzene rings is 2. The summed E-state index contributed by atoms with van der Waals surface area (Å²) in [6.07, 6.45) is 3.40. The number of rotatable bonds is 6. The summed E-state index contributed by atoms with van der Waals surface area (Å²) in [5, 5.41) is 0.873. The second-order valence-electron chi connectivity index (χ2n) is 6.76. The van der Waals surface area contributed by atoms with Gasteiger partial charge >= 0.3 is 5.97 Å². The van der Waals surface area contributed by atoms with Crippen molar-refractivity contribution in [1.82, 2.24) is 4.98 Å². The monoisotopic (exact) mass is 347 g/mol. The van der Waals surface area contributed by atoms with Crippen LogP contribution in [0.15, 0.2) is 54.7 Å². The van der Waals surface area contributed by atoms with Gasteiger partial charge in [0.25, 0.3) is 0 Å². The Labute approximate surface area is 152 Å². The van der Waals surface area contributed by atoms with E-state index < -0.39 is 6.10 Å². The number of hydrogen-bond donors (Lipinski definition) is 1. The number of hydrogen-bond acceptors (Lipinski definition) is 3. The number of esters is 1. The van der Waals surface area contributed by atoms with Crippen molar-refractivity contribution in [2.45, 2.75) is 32.3 Å². The maximum atomic E-state index is 13.3. The Kier molecular flexibility index (Phi) is 4.33. The van der Waals surface area contributed by atoms with Gasteiger partial charge in [-0.05, 0) is 24.8 Å². The highest BCUT2D eigenvalue weighted by Crippen LogP contribution is 2.34. The number of ether oxygens (including phenoxy) is 1. The Hall–Kier alpha value is -2.88. The molecule has 0 aliphatic heterocycles. The largest absolute Gasteiger partial charge is 0.449 e. The number of aryl methyl sites for hydroxylation is 1. The van der Waals surface area contributed by atoms with Gasteiger partial charge in [-0.1, -0.05) is 55.5 Å². The van der Waals surface area contributed by atoms with Gasteiger partial charge in [0, 0.05) is 28.2 Å². The molecule has 0 spiro atoms. The number of nitrogens with one attached hydrogen (secondary N) is 1. The van der Waals surface area contributed by atoms with E-state index in [-0.39, 0.29) is 17.7 Å². The Morgan fingerprint density at radius 3 is 2.58 bits per heavy atom. The van der Waals surface area contributed by atoms with Crippen LogP contribution in [-0.4, -0.2) is 16.7 Å².